The quantitative estimate of drug-likeness (QED) is 0.803. The van der Waals surface area contributed by atoms with Gasteiger partial charge in [-0.05, 0) is 25.8 Å². The van der Waals surface area contributed by atoms with Crippen LogP contribution < -0.4 is 0 Å². The number of hydrogen-bond acceptors (Lipinski definition) is 3. The molecule has 108 valence electrons. The molecule has 2 aromatic heterocycles. The Morgan fingerprint density at radius 1 is 1.20 bits per heavy atom. The molecule has 0 radical (unpaired) electrons. The van der Waals surface area contributed by atoms with Crippen LogP contribution in [0.25, 0.3) is 5.82 Å². The molecule has 2 heterocycles. The molecule has 2 aromatic rings. The molecule has 0 saturated heterocycles. The van der Waals surface area contributed by atoms with Crippen LogP contribution in [-0.2, 0) is 12.8 Å². The zero-order valence-electron chi connectivity index (χ0n) is 12.7. The van der Waals surface area contributed by atoms with Gasteiger partial charge in [0.1, 0.15) is 11.0 Å². The molecule has 0 spiro atoms. The first kappa shape index (κ1) is 15.0. The summed E-state index contributed by atoms with van der Waals surface area (Å²) in [5.41, 5.74) is 3.09. The Bertz CT molecular complexity index is 617. The molecular formula is C15H21ClN4. The van der Waals surface area contributed by atoms with Crippen LogP contribution in [-0.4, -0.2) is 19.7 Å². The van der Waals surface area contributed by atoms with Gasteiger partial charge in [-0.3, -0.25) is 0 Å². The van der Waals surface area contributed by atoms with Gasteiger partial charge in [0.25, 0.3) is 0 Å². The Labute approximate surface area is 125 Å². The molecule has 0 atom stereocenters. The van der Waals surface area contributed by atoms with Gasteiger partial charge >= 0.3 is 0 Å². The molecule has 0 aliphatic rings. The van der Waals surface area contributed by atoms with E-state index in [2.05, 4.69) is 48.8 Å². The molecule has 0 N–H and O–H groups in total. The standard InChI is InChI=1S/C15H21ClN4/c1-6-11-8-12(7-2)20(19-11)15-10(5)13(16)17-14(18-15)9(3)4/h8-9H,6-7H2,1-5H3. The summed E-state index contributed by atoms with van der Waals surface area (Å²) in [7, 11) is 0. The third kappa shape index (κ3) is 2.70. The van der Waals surface area contributed by atoms with Crippen molar-refractivity contribution in [2.24, 2.45) is 0 Å². The molecule has 0 amide bonds. The number of hydrogen-bond donors (Lipinski definition) is 0. The lowest BCUT2D eigenvalue weighted by Crippen LogP contribution is -2.11. The third-order valence-corrected chi connectivity index (χ3v) is 3.72. The summed E-state index contributed by atoms with van der Waals surface area (Å²) >= 11 is 6.26. The first-order chi connectivity index (χ1) is 9.47. The summed E-state index contributed by atoms with van der Waals surface area (Å²) in [5, 5.41) is 5.15. The summed E-state index contributed by atoms with van der Waals surface area (Å²) in [6.07, 6.45) is 1.82. The van der Waals surface area contributed by atoms with E-state index in [1.165, 1.54) is 0 Å². The van der Waals surface area contributed by atoms with E-state index >= 15 is 0 Å². The van der Waals surface area contributed by atoms with Gasteiger partial charge in [-0.15, -0.1) is 0 Å². The van der Waals surface area contributed by atoms with Crippen LogP contribution in [0.2, 0.25) is 5.15 Å². The van der Waals surface area contributed by atoms with E-state index in [1.54, 1.807) is 0 Å². The molecule has 0 unspecified atom stereocenters. The van der Waals surface area contributed by atoms with Crippen molar-refractivity contribution in [1.29, 1.82) is 0 Å². The van der Waals surface area contributed by atoms with E-state index in [9.17, 15) is 0 Å². The maximum atomic E-state index is 6.26. The minimum atomic E-state index is 0.234. The maximum absolute atomic E-state index is 6.26. The van der Waals surface area contributed by atoms with Crippen molar-refractivity contribution in [2.75, 3.05) is 0 Å². The van der Waals surface area contributed by atoms with Crippen molar-refractivity contribution in [3.05, 3.63) is 34.0 Å². The minimum Gasteiger partial charge on any atom is -0.220 e. The molecule has 0 bridgehead atoms. The van der Waals surface area contributed by atoms with Gasteiger partial charge in [0.05, 0.1) is 5.69 Å². The third-order valence-electron chi connectivity index (χ3n) is 3.35. The number of halogens is 1. The zero-order valence-corrected chi connectivity index (χ0v) is 13.5. The van der Waals surface area contributed by atoms with Gasteiger partial charge in [-0.2, -0.15) is 5.10 Å². The Hall–Kier alpha value is -1.42. The van der Waals surface area contributed by atoms with Crippen molar-refractivity contribution in [1.82, 2.24) is 19.7 Å². The monoisotopic (exact) mass is 292 g/mol. The summed E-state index contributed by atoms with van der Waals surface area (Å²) in [4.78, 5) is 9.02. The molecule has 4 nitrogen and oxygen atoms in total. The van der Waals surface area contributed by atoms with Crippen LogP contribution in [0.5, 0.6) is 0 Å². The van der Waals surface area contributed by atoms with Crippen LogP contribution in [0.3, 0.4) is 0 Å². The average molecular weight is 293 g/mol. The van der Waals surface area contributed by atoms with Gasteiger partial charge in [0, 0.05) is 17.2 Å². The fourth-order valence-electron chi connectivity index (χ4n) is 2.04. The van der Waals surface area contributed by atoms with Gasteiger partial charge in [0.15, 0.2) is 5.82 Å². The molecule has 0 aliphatic carbocycles. The molecule has 0 saturated carbocycles. The second kappa shape index (κ2) is 5.92. The van der Waals surface area contributed by atoms with Crippen molar-refractivity contribution < 1.29 is 0 Å². The van der Waals surface area contributed by atoms with Crippen molar-refractivity contribution in [2.45, 2.75) is 53.4 Å². The predicted molar refractivity (Wildman–Crippen MR) is 81.7 cm³/mol. The molecule has 20 heavy (non-hydrogen) atoms. The topological polar surface area (TPSA) is 43.6 Å². The van der Waals surface area contributed by atoms with Crippen LogP contribution in [0, 0.1) is 6.92 Å². The second-order valence-electron chi connectivity index (χ2n) is 5.22. The van der Waals surface area contributed by atoms with Gasteiger partial charge in [-0.25, -0.2) is 14.6 Å². The first-order valence-corrected chi connectivity index (χ1v) is 7.47. The lowest BCUT2D eigenvalue weighted by Gasteiger charge is -2.12. The SMILES string of the molecule is CCc1cc(CC)n(-c2nc(C(C)C)nc(Cl)c2C)n1. The van der Waals surface area contributed by atoms with Crippen molar-refractivity contribution >= 4 is 11.6 Å². The lowest BCUT2D eigenvalue weighted by atomic mass is 10.2. The Balaban J connectivity index is 2.65. The molecular weight excluding hydrogens is 272 g/mol. The van der Waals surface area contributed by atoms with Crippen LogP contribution >= 0.6 is 11.6 Å². The normalized spacial score (nSPS) is 11.3. The zero-order chi connectivity index (χ0) is 14.9. The van der Waals surface area contributed by atoms with E-state index in [0.717, 1.165) is 41.4 Å². The highest BCUT2D eigenvalue weighted by atomic mass is 35.5. The van der Waals surface area contributed by atoms with Crippen LogP contribution in [0.15, 0.2) is 6.07 Å². The Morgan fingerprint density at radius 2 is 1.90 bits per heavy atom. The largest absolute Gasteiger partial charge is 0.220 e. The maximum Gasteiger partial charge on any atom is 0.161 e. The first-order valence-electron chi connectivity index (χ1n) is 7.10. The second-order valence-corrected chi connectivity index (χ2v) is 5.58. The summed E-state index contributed by atoms with van der Waals surface area (Å²) < 4.78 is 1.91. The van der Waals surface area contributed by atoms with Crippen molar-refractivity contribution in [3.63, 3.8) is 0 Å². The number of aryl methyl sites for hydroxylation is 2. The lowest BCUT2D eigenvalue weighted by molar-refractivity contribution is 0.718. The Kier molecular flexibility index (Phi) is 4.43. The minimum absolute atomic E-state index is 0.234. The summed E-state index contributed by atoms with van der Waals surface area (Å²) in [6, 6.07) is 2.13. The summed E-state index contributed by atoms with van der Waals surface area (Å²) in [6.45, 7) is 10.3. The number of rotatable bonds is 4. The molecule has 0 aromatic carbocycles. The molecule has 2 rings (SSSR count). The smallest absolute Gasteiger partial charge is 0.161 e. The highest BCUT2D eigenvalue weighted by Crippen LogP contribution is 2.23. The van der Waals surface area contributed by atoms with E-state index in [-0.39, 0.29) is 5.92 Å². The highest BCUT2D eigenvalue weighted by Gasteiger charge is 2.16. The van der Waals surface area contributed by atoms with E-state index in [0.29, 0.717) is 5.15 Å². The average Bonchev–Trinajstić information content (AvgIpc) is 2.84. The van der Waals surface area contributed by atoms with Crippen molar-refractivity contribution in [3.8, 4) is 5.82 Å². The Morgan fingerprint density at radius 3 is 2.45 bits per heavy atom. The molecule has 0 aliphatic heterocycles. The van der Waals surface area contributed by atoms with E-state index in [4.69, 9.17) is 11.6 Å². The number of aromatic nitrogens is 4. The van der Waals surface area contributed by atoms with Crippen LogP contribution in [0.1, 0.15) is 56.4 Å². The van der Waals surface area contributed by atoms with E-state index in [1.807, 2.05) is 11.6 Å². The summed E-state index contributed by atoms with van der Waals surface area (Å²) in [5.74, 6) is 1.79. The van der Waals surface area contributed by atoms with Gasteiger partial charge < -0.3 is 0 Å². The molecule has 5 heteroatoms. The van der Waals surface area contributed by atoms with E-state index < -0.39 is 0 Å². The molecule has 0 fully saturated rings. The highest BCUT2D eigenvalue weighted by molar-refractivity contribution is 6.30. The number of nitrogens with zero attached hydrogens (tertiary/aromatic N) is 4. The van der Waals surface area contributed by atoms with Crippen LogP contribution in [0.4, 0.5) is 0 Å². The van der Waals surface area contributed by atoms with Gasteiger partial charge in [0.2, 0.25) is 0 Å². The predicted octanol–water partition coefficient (Wildman–Crippen LogP) is 3.87. The van der Waals surface area contributed by atoms with Gasteiger partial charge in [-0.1, -0.05) is 39.3 Å². The fraction of sp³-hybridized carbons (Fsp3) is 0.533. The fourth-order valence-corrected chi connectivity index (χ4v) is 2.21.